The Hall–Kier alpha value is -2.12. The second-order valence-corrected chi connectivity index (χ2v) is 8.20. The van der Waals surface area contributed by atoms with Crippen molar-refractivity contribution in [1.29, 1.82) is 0 Å². The Morgan fingerprint density at radius 2 is 1.46 bits per heavy atom. The third-order valence-corrected chi connectivity index (χ3v) is 6.64. The number of fused-ring (bicyclic) bond motifs is 2. The van der Waals surface area contributed by atoms with Gasteiger partial charge < -0.3 is 10.2 Å². The zero-order valence-electron chi connectivity index (χ0n) is 17.2. The molecule has 0 unspecified atom stereocenters. The lowest BCUT2D eigenvalue weighted by atomic mass is 9.97. The average molecular weight is 409 g/mol. The van der Waals surface area contributed by atoms with Crippen LogP contribution in [0.3, 0.4) is 0 Å². The smallest absolute Gasteiger partial charge is 0.399 e. The van der Waals surface area contributed by atoms with Crippen LogP contribution in [0, 0.1) is 0 Å². The summed E-state index contributed by atoms with van der Waals surface area (Å²) < 4.78 is 38.4. The SMILES string of the molecule is CC[N+](CC)(CC)CC.Nc1ccc2c(c1)Cc1ccccc1N2S(=O)(=O)F. The molecule has 5 nitrogen and oxygen atoms in total. The highest BCUT2D eigenvalue weighted by molar-refractivity contribution is 7.88. The highest BCUT2D eigenvalue weighted by Gasteiger charge is 2.31. The molecule has 0 radical (unpaired) electrons. The number of anilines is 3. The minimum atomic E-state index is -4.87. The van der Waals surface area contributed by atoms with Crippen LogP contribution < -0.4 is 10.0 Å². The topological polar surface area (TPSA) is 63.4 Å². The maximum absolute atomic E-state index is 13.6. The third kappa shape index (κ3) is 4.64. The van der Waals surface area contributed by atoms with Gasteiger partial charge in [0, 0.05) is 12.1 Å². The van der Waals surface area contributed by atoms with E-state index in [0.717, 1.165) is 9.87 Å². The van der Waals surface area contributed by atoms with Crippen molar-refractivity contribution in [2.45, 2.75) is 34.1 Å². The Balaban J connectivity index is 0.000000266. The van der Waals surface area contributed by atoms with Gasteiger partial charge in [0.1, 0.15) is 0 Å². The molecule has 154 valence electrons. The number of nitrogens with two attached hydrogens (primary N) is 1. The molecule has 28 heavy (non-hydrogen) atoms. The summed E-state index contributed by atoms with van der Waals surface area (Å²) in [5, 5.41) is 0. The summed E-state index contributed by atoms with van der Waals surface area (Å²) in [6, 6.07) is 11.6. The molecule has 7 heteroatoms. The van der Waals surface area contributed by atoms with E-state index in [2.05, 4.69) is 27.7 Å². The van der Waals surface area contributed by atoms with Crippen molar-refractivity contribution in [1.82, 2.24) is 0 Å². The second-order valence-electron chi connectivity index (χ2n) is 7.01. The molecule has 2 aromatic carbocycles. The molecule has 3 rings (SSSR count). The van der Waals surface area contributed by atoms with E-state index in [1.807, 2.05) is 0 Å². The lowest BCUT2D eigenvalue weighted by Gasteiger charge is -2.34. The summed E-state index contributed by atoms with van der Waals surface area (Å²) in [5.74, 6) is 0. The van der Waals surface area contributed by atoms with Gasteiger partial charge in [0.15, 0.2) is 0 Å². The minimum absolute atomic E-state index is 0.315. The number of hydrogen-bond donors (Lipinski definition) is 1. The van der Waals surface area contributed by atoms with Crippen LogP contribution in [0.5, 0.6) is 0 Å². The maximum atomic E-state index is 13.6. The van der Waals surface area contributed by atoms with Crippen molar-refractivity contribution < 1.29 is 16.8 Å². The Morgan fingerprint density at radius 1 is 0.929 bits per heavy atom. The molecule has 1 aliphatic heterocycles. The van der Waals surface area contributed by atoms with Gasteiger partial charge in [0.2, 0.25) is 0 Å². The molecular weight excluding hydrogens is 377 g/mol. The Kier molecular flexibility index (Phi) is 7.06. The lowest BCUT2D eigenvalue weighted by molar-refractivity contribution is -0.921. The first-order valence-electron chi connectivity index (χ1n) is 9.77. The van der Waals surface area contributed by atoms with E-state index in [9.17, 15) is 12.3 Å². The highest BCUT2D eigenvalue weighted by Crippen LogP contribution is 2.41. The molecule has 1 heterocycles. The minimum Gasteiger partial charge on any atom is -0.399 e. The van der Waals surface area contributed by atoms with Crippen LogP contribution in [0.25, 0.3) is 0 Å². The fourth-order valence-corrected chi connectivity index (χ4v) is 4.54. The number of nitrogens with zero attached hydrogens (tertiary/aromatic N) is 2. The van der Waals surface area contributed by atoms with E-state index in [0.29, 0.717) is 29.0 Å². The van der Waals surface area contributed by atoms with E-state index in [1.165, 1.54) is 36.7 Å². The molecule has 0 atom stereocenters. The van der Waals surface area contributed by atoms with Crippen molar-refractivity contribution in [3.63, 3.8) is 0 Å². The number of para-hydroxylation sites is 1. The van der Waals surface area contributed by atoms with E-state index in [4.69, 9.17) is 5.73 Å². The summed E-state index contributed by atoms with van der Waals surface area (Å²) in [4.78, 5) is 0. The average Bonchev–Trinajstić information content (AvgIpc) is 2.68. The highest BCUT2D eigenvalue weighted by atomic mass is 32.3. The summed E-state index contributed by atoms with van der Waals surface area (Å²) in [6.07, 6.45) is 0.530. The van der Waals surface area contributed by atoms with Gasteiger partial charge in [0.05, 0.1) is 37.6 Å². The van der Waals surface area contributed by atoms with Gasteiger partial charge in [-0.05, 0) is 63.1 Å². The Bertz CT molecular complexity index is 894. The Labute approximate surface area is 168 Å². The molecule has 0 aromatic heterocycles. The van der Waals surface area contributed by atoms with E-state index < -0.39 is 10.4 Å². The van der Waals surface area contributed by atoms with Crippen molar-refractivity contribution in [2.75, 3.05) is 36.2 Å². The summed E-state index contributed by atoms with van der Waals surface area (Å²) in [7, 11) is -4.87. The predicted molar refractivity (Wildman–Crippen MR) is 115 cm³/mol. The zero-order chi connectivity index (χ0) is 20.9. The first-order chi connectivity index (χ1) is 13.2. The molecular formula is C21H31FN3O2S+. The number of hydrogen-bond acceptors (Lipinski definition) is 3. The number of halogens is 1. The van der Waals surface area contributed by atoms with Gasteiger partial charge in [-0.3, -0.25) is 0 Å². The van der Waals surface area contributed by atoms with Gasteiger partial charge in [-0.25, -0.2) is 4.31 Å². The van der Waals surface area contributed by atoms with Gasteiger partial charge in [-0.1, -0.05) is 22.1 Å². The quantitative estimate of drug-likeness (QED) is 0.453. The van der Waals surface area contributed by atoms with Gasteiger partial charge in [-0.15, -0.1) is 0 Å². The predicted octanol–water partition coefficient (Wildman–Crippen LogP) is 4.41. The fourth-order valence-electron chi connectivity index (χ4n) is 3.72. The van der Waals surface area contributed by atoms with Crippen LogP contribution in [0.4, 0.5) is 20.9 Å². The molecule has 0 aliphatic carbocycles. The van der Waals surface area contributed by atoms with Crippen molar-refractivity contribution in [3.05, 3.63) is 53.6 Å². The number of rotatable bonds is 5. The first kappa shape index (κ1) is 22.2. The summed E-state index contributed by atoms with van der Waals surface area (Å²) >= 11 is 0. The first-order valence-corrected chi connectivity index (χ1v) is 11.1. The molecule has 2 N–H and O–H groups in total. The van der Waals surface area contributed by atoms with Crippen LogP contribution in [0.2, 0.25) is 0 Å². The molecule has 0 saturated heterocycles. The summed E-state index contributed by atoms with van der Waals surface area (Å²) in [5.41, 5.74) is 8.33. The molecule has 0 spiro atoms. The summed E-state index contributed by atoms with van der Waals surface area (Å²) in [6.45, 7) is 14.2. The van der Waals surface area contributed by atoms with Crippen molar-refractivity contribution >= 4 is 27.5 Å². The molecule has 0 fully saturated rings. The molecule has 0 amide bonds. The van der Waals surface area contributed by atoms with Gasteiger partial charge in [0.25, 0.3) is 0 Å². The second kappa shape index (κ2) is 8.92. The number of benzene rings is 2. The van der Waals surface area contributed by atoms with E-state index in [1.54, 1.807) is 36.4 Å². The van der Waals surface area contributed by atoms with Crippen molar-refractivity contribution in [2.24, 2.45) is 0 Å². The van der Waals surface area contributed by atoms with Gasteiger partial charge >= 0.3 is 10.4 Å². The lowest BCUT2D eigenvalue weighted by Crippen LogP contribution is -2.47. The normalized spacial score (nSPS) is 13.2. The van der Waals surface area contributed by atoms with Crippen molar-refractivity contribution in [3.8, 4) is 0 Å². The van der Waals surface area contributed by atoms with Crippen LogP contribution in [-0.2, 0) is 16.8 Å². The molecule has 2 aromatic rings. The van der Waals surface area contributed by atoms with Crippen LogP contribution in [-0.4, -0.2) is 39.1 Å². The van der Waals surface area contributed by atoms with Crippen LogP contribution in [0.1, 0.15) is 38.8 Å². The van der Waals surface area contributed by atoms with E-state index >= 15 is 0 Å². The monoisotopic (exact) mass is 408 g/mol. The molecule has 0 saturated carbocycles. The standard InChI is InChI=1S/C13H11FN2O2S.C8H20N/c14-19(17,18)16-12-4-2-1-3-9(12)7-10-8-11(15)5-6-13(10)16;1-5-9(6-2,7-3)8-4/h1-6,8H,7,15H2;5-8H2,1-4H3/q;+1. The largest absolute Gasteiger partial charge is 0.403 e. The third-order valence-electron chi connectivity index (χ3n) is 5.82. The van der Waals surface area contributed by atoms with Crippen LogP contribution in [0.15, 0.2) is 42.5 Å². The number of quaternary nitrogens is 1. The number of nitrogen functional groups attached to an aromatic ring is 1. The molecule has 0 bridgehead atoms. The molecule has 1 aliphatic rings. The maximum Gasteiger partial charge on any atom is 0.403 e. The fraction of sp³-hybridized carbons (Fsp3) is 0.429. The van der Waals surface area contributed by atoms with Crippen LogP contribution >= 0.6 is 0 Å². The zero-order valence-corrected chi connectivity index (χ0v) is 18.0. The van der Waals surface area contributed by atoms with Gasteiger partial charge in [-0.2, -0.15) is 8.42 Å². The van der Waals surface area contributed by atoms with E-state index in [-0.39, 0.29) is 0 Å². The Morgan fingerprint density at radius 3 is 1.96 bits per heavy atom.